The Morgan fingerprint density at radius 1 is 1.06 bits per heavy atom. The fraction of sp³-hybridized carbons (Fsp3) is 0.423. The van der Waals surface area contributed by atoms with Crippen molar-refractivity contribution in [2.75, 3.05) is 42.8 Å². The number of hydrogen-bond donors (Lipinski definition) is 1. The lowest BCUT2D eigenvalue weighted by atomic mass is 10.1. The van der Waals surface area contributed by atoms with Gasteiger partial charge in [-0.2, -0.15) is 0 Å². The number of methoxy groups -OCH3 is 1. The number of thioether (sulfide) groups is 1. The van der Waals surface area contributed by atoms with Gasteiger partial charge < -0.3 is 15.0 Å². The number of nitrogens with zero attached hydrogens (tertiary/aromatic N) is 4. The highest BCUT2D eigenvalue weighted by Gasteiger charge is 2.16. The maximum atomic E-state index is 12.6. The number of carbonyl (C=O) groups excluding carboxylic acids is 1. The minimum Gasteiger partial charge on any atom is -0.383 e. The maximum Gasteiger partial charge on any atom is 0.234 e. The van der Waals surface area contributed by atoms with Crippen molar-refractivity contribution in [1.29, 1.82) is 0 Å². The van der Waals surface area contributed by atoms with E-state index in [0.717, 1.165) is 35.7 Å². The molecule has 0 spiro atoms. The van der Waals surface area contributed by atoms with E-state index < -0.39 is 0 Å². The molecule has 2 heterocycles. The maximum absolute atomic E-state index is 12.6. The number of hydrogen-bond acceptors (Lipinski definition) is 6. The van der Waals surface area contributed by atoms with Gasteiger partial charge in [-0.3, -0.25) is 9.36 Å². The zero-order valence-corrected chi connectivity index (χ0v) is 20.8. The quantitative estimate of drug-likeness (QED) is 0.435. The second-order valence-corrected chi connectivity index (χ2v) is 9.55. The second kappa shape index (κ2) is 12.0. The molecule has 7 nitrogen and oxygen atoms in total. The first-order valence-electron chi connectivity index (χ1n) is 11.9. The number of anilines is 2. The topological polar surface area (TPSA) is 72.3 Å². The van der Waals surface area contributed by atoms with Gasteiger partial charge in [-0.05, 0) is 50.1 Å². The van der Waals surface area contributed by atoms with E-state index in [1.165, 1.54) is 43.1 Å². The van der Waals surface area contributed by atoms with Crippen LogP contribution >= 0.6 is 11.8 Å². The lowest BCUT2D eigenvalue weighted by Gasteiger charge is -2.22. The molecule has 34 heavy (non-hydrogen) atoms. The van der Waals surface area contributed by atoms with Crippen LogP contribution in [0.1, 0.15) is 31.2 Å². The Kier molecular flexibility index (Phi) is 8.60. The molecule has 1 aromatic heterocycles. The summed E-state index contributed by atoms with van der Waals surface area (Å²) in [5.41, 5.74) is 4.20. The molecule has 3 aromatic rings. The van der Waals surface area contributed by atoms with E-state index in [9.17, 15) is 4.79 Å². The summed E-state index contributed by atoms with van der Waals surface area (Å²) in [5.74, 6) is 0.978. The van der Waals surface area contributed by atoms with Gasteiger partial charge in [-0.1, -0.05) is 48.4 Å². The van der Waals surface area contributed by atoms with E-state index in [1.54, 1.807) is 7.11 Å². The van der Waals surface area contributed by atoms with Crippen LogP contribution in [0.2, 0.25) is 0 Å². The molecule has 1 saturated heterocycles. The molecular formula is C26H33N5O2S. The number of ether oxygens (including phenoxy) is 1. The summed E-state index contributed by atoms with van der Waals surface area (Å²) in [4.78, 5) is 15.1. The van der Waals surface area contributed by atoms with Gasteiger partial charge in [-0.15, -0.1) is 10.2 Å². The number of carbonyl (C=O) groups is 1. The molecule has 0 radical (unpaired) electrons. The Hall–Kier alpha value is -2.84. The number of rotatable bonds is 9. The van der Waals surface area contributed by atoms with Crippen LogP contribution in [0.4, 0.5) is 11.4 Å². The van der Waals surface area contributed by atoms with Crippen molar-refractivity contribution in [3.63, 3.8) is 0 Å². The molecule has 1 amide bonds. The summed E-state index contributed by atoms with van der Waals surface area (Å²) in [6.45, 7) is 5.43. The monoisotopic (exact) mass is 479 g/mol. The van der Waals surface area contributed by atoms with Crippen LogP contribution in [0.25, 0.3) is 11.4 Å². The third kappa shape index (κ3) is 6.39. The number of aryl methyl sites for hydroxylation is 1. The molecule has 0 atom stereocenters. The Bertz CT molecular complexity index is 1080. The van der Waals surface area contributed by atoms with Crippen molar-refractivity contribution in [2.24, 2.45) is 0 Å². The van der Waals surface area contributed by atoms with Gasteiger partial charge in [0.05, 0.1) is 18.9 Å². The van der Waals surface area contributed by atoms with Gasteiger partial charge in [-0.25, -0.2) is 0 Å². The van der Waals surface area contributed by atoms with Crippen molar-refractivity contribution in [3.8, 4) is 11.4 Å². The van der Waals surface area contributed by atoms with Crippen LogP contribution in [0.3, 0.4) is 0 Å². The smallest absolute Gasteiger partial charge is 0.234 e. The molecule has 180 valence electrons. The first-order valence-corrected chi connectivity index (χ1v) is 12.9. The van der Waals surface area contributed by atoms with E-state index in [-0.39, 0.29) is 11.7 Å². The Balaban J connectivity index is 1.37. The average Bonchev–Trinajstić information content (AvgIpc) is 3.05. The lowest BCUT2D eigenvalue weighted by molar-refractivity contribution is -0.113. The van der Waals surface area contributed by atoms with Crippen molar-refractivity contribution >= 4 is 29.0 Å². The van der Waals surface area contributed by atoms with Gasteiger partial charge in [0.25, 0.3) is 0 Å². The summed E-state index contributed by atoms with van der Waals surface area (Å²) in [6, 6.07) is 16.4. The Morgan fingerprint density at radius 2 is 1.82 bits per heavy atom. The first-order chi connectivity index (χ1) is 16.6. The highest BCUT2D eigenvalue weighted by Crippen LogP contribution is 2.25. The first kappa shape index (κ1) is 24.3. The van der Waals surface area contributed by atoms with Crippen molar-refractivity contribution < 1.29 is 9.53 Å². The zero-order valence-electron chi connectivity index (χ0n) is 20.0. The van der Waals surface area contributed by atoms with Crippen molar-refractivity contribution in [3.05, 3.63) is 54.1 Å². The molecule has 1 aliphatic heterocycles. The van der Waals surface area contributed by atoms with E-state index in [1.807, 2.05) is 28.8 Å². The van der Waals surface area contributed by atoms with Crippen LogP contribution in [-0.2, 0) is 16.1 Å². The van der Waals surface area contributed by atoms with Crippen LogP contribution in [0.15, 0.2) is 53.7 Å². The summed E-state index contributed by atoms with van der Waals surface area (Å²) in [5, 5.41) is 12.5. The Labute approximate surface area is 205 Å². The summed E-state index contributed by atoms with van der Waals surface area (Å²) >= 11 is 1.39. The van der Waals surface area contributed by atoms with Gasteiger partial charge in [0.15, 0.2) is 11.0 Å². The van der Waals surface area contributed by atoms with Crippen LogP contribution in [-0.4, -0.2) is 53.2 Å². The SMILES string of the molecule is COCCn1c(SCC(=O)Nc2ccc(N3CCCCCC3)cc2)nnc1-c1cccc(C)c1. The molecule has 0 unspecified atom stereocenters. The van der Waals surface area contributed by atoms with E-state index in [4.69, 9.17) is 4.74 Å². The third-order valence-corrected chi connectivity index (χ3v) is 6.93. The zero-order chi connectivity index (χ0) is 23.8. The summed E-state index contributed by atoms with van der Waals surface area (Å²) in [7, 11) is 1.68. The molecule has 0 bridgehead atoms. The molecular weight excluding hydrogens is 446 g/mol. The molecule has 2 aromatic carbocycles. The van der Waals surface area contributed by atoms with E-state index in [0.29, 0.717) is 18.3 Å². The second-order valence-electron chi connectivity index (χ2n) is 8.61. The fourth-order valence-electron chi connectivity index (χ4n) is 4.19. The highest BCUT2D eigenvalue weighted by molar-refractivity contribution is 7.99. The molecule has 0 saturated carbocycles. The lowest BCUT2D eigenvalue weighted by Crippen LogP contribution is -2.23. The normalized spacial score (nSPS) is 14.1. The molecule has 1 fully saturated rings. The van der Waals surface area contributed by atoms with Gasteiger partial charge in [0.2, 0.25) is 5.91 Å². The standard InChI is InChI=1S/C26H33N5O2S/c1-20-8-7-9-21(18-20)25-28-29-26(31(25)16-17-33-2)34-19-24(32)27-22-10-12-23(13-11-22)30-14-5-3-4-6-15-30/h7-13,18H,3-6,14-17,19H2,1-2H3,(H,27,32). The molecule has 1 N–H and O–H groups in total. The number of nitrogens with one attached hydrogen (secondary N) is 1. The predicted octanol–water partition coefficient (Wildman–Crippen LogP) is 5.01. The molecule has 4 rings (SSSR count). The van der Waals surface area contributed by atoms with Gasteiger partial charge in [0, 0.05) is 37.1 Å². The fourth-order valence-corrected chi connectivity index (χ4v) is 4.95. The largest absolute Gasteiger partial charge is 0.383 e. The number of amides is 1. The van der Waals surface area contributed by atoms with Gasteiger partial charge in [0.1, 0.15) is 0 Å². The minimum absolute atomic E-state index is 0.0640. The van der Waals surface area contributed by atoms with E-state index in [2.05, 4.69) is 51.6 Å². The highest BCUT2D eigenvalue weighted by atomic mass is 32.2. The van der Waals surface area contributed by atoms with Crippen LogP contribution in [0, 0.1) is 6.92 Å². The van der Waals surface area contributed by atoms with Crippen LogP contribution in [0.5, 0.6) is 0 Å². The Morgan fingerprint density at radius 3 is 2.53 bits per heavy atom. The third-order valence-electron chi connectivity index (χ3n) is 5.97. The molecule has 8 heteroatoms. The average molecular weight is 480 g/mol. The van der Waals surface area contributed by atoms with Crippen molar-refractivity contribution in [1.82, 2.24) is 14.8 Å². The summed E-state index contributed by atoms with van der Waals surface area (Å²) in [6.07, 6.45) is 5.12. The molecule has 1 aliphatic rings. The predicted molar refractivity (Wildman–Crippen MR) is 139 cm³/mol. The van der Waals surface area contributed by atoms with Gasteiger partial charge >= 0.3 is 0 Å². The molecule has 0 aliphatic carbocycles. The minimum atomic E-state index is -0.0640. The number of aromatic nitrogens is 3. The number of benzene rings is 2. The van der Waals surface area contributed by atoms with Crippen molar-refractivity contribution in [2.45, 2.75) is 44.3 Å². The van der Waals surface area contributed by atoms with Crippen LogP contribution < -0.4 is 10.2 Å². The summed E-state index contributed by atoms with van der Waals surface area (Å²) < 4.78 is 7.30. The van der Waals surface area contributed by atoms with E-state index >= 15 is 0 Å².